The van der Waals surface area contributed by atoms with E-state index in [1.165, 1.54) is 0 Å². The van der Waals surface area contributed by atoms with Crippen molar-refractivity contribution in [2.75, 3.05) is 16.4 Å². The smallest absolute Gasteiger partial charge is 0.251 e. The van der Waals surface area contributed by atoms with Gasteiger partial charge in [-0.3, -0.25) is 4.79 Å². The van der Waals surface area contributed by atoms with Gasteiger partial charge in [0.15, 0.2) is 0 Å². The minimum atomic E-state index is -0.359. The Kier molecular flexibility index (Phi) is 2.41. The van der Waals surface area contributed by atoms with E-state index in [-0.39, 0.29) is 11.9 Å². The molecule has 0 aromatic heterocycles. The van der Waals surface area contributed by atoms with Crippen LogP contribution in [-0.4, -0.2) is 5.91 Å². The van der Waals surface area contributed by atoms with E-state index in [0.717, 1.165) is 16.9 Å². The van der Waals surface area contributed by atoms with E-state index in [0.29, 0.717) is 5.69 Å². The number of anilines is 3. The van der Waals surface area contributed by atoms with Gasteiger partial charge in [-0.1, -0.05) is 30.3 Å². The molecule has 0 saturated carbocycles. The van der Waals surface area contributed by atoms with E-state index >= 15 is 0 Å². The summed E-state index contributed by atoms with van der Waals surface area (Å²) in [6.07, 6.45) is 0. The molecule has 0 radical (unpaired) electrons. The van der Waals surface area contributed by atoms with E-state index in [1.807, 2.05) is 42.5 Å². The number of nitrogens with two attached hydrogens (primary N) is 1. The second kappa shape index (κ2) is 4.07. The molecule has 2 aromatic rings. The second-order valence-electron chi connectivity index (χ2n) is 4.28. The molecule has 3 rings (SSSR count). The molecule has 1 aliphatic rings. The Morgan fingerprint density at radius 2 is 1.78 bits per heavy atom. The van der Waals surface area contributed by atoms with Crippen molar-refractivity contribution in [2.24, 2.45) is 0 Å². The fraction of sp³-hybridized carbons (Fsp3) is 0.0714. The lowest BCUT2D eigenvalue weighted by molar-refractivity contribution is -0.117. The second-order valence-corrected chi connectivity index (χ2v) is 4.28. The van der Waals surface area contributed by atoms with Crippen molar-refractivity contribution in [1.82, 2.24) is 0 Å². The van der Waals surface area contributed by atoms with Crippen LogP contribution < -0.4 is 16.4 Å². The SMILES string of the molecule is Nc1ccc2c(c1)NC(=O)C(c1ccccc1)N2. The van der Waals surface area contributed by atoms with Crippen LogP contribution in [0.5, 0.6) is 0 Å². The van der Waals surface area contributed by atoms with E-state index in [2.05, 4.69) is 10.6 Å². The predicted octanol–water partition coefficient (Wildman–Crippen LogP) is 2.37. The number of carbonyl (C=O) groups excluding carboxylic acids is 1. The van der Waals surface area contributed by atoms with Gasteiger partial charge in [0.1, 0.15) is 6.04 Å². The lowest BCUT2D eigenvalue weighted by Gasteiger charge is -2.27. The Morgan fingerprint density at radius 3 is 2.56 bits per heavy atom. The molecule has 1 atom stereocenters. The van der Waals surface area contributed by atoms with Crippen molar-refractivity contribution in [1.29, 1.82) is 0 Å². The zero-order valence-electron chi connectivity index (χ0n) is 9.68. The Hall–Kier alpha value is -2.49. The van der Waals surface area contributed by atoms with Gasteiger partial charge in [0.25, 0.3) is 5.91 Å². The van der Waals surface area contributed by atoms with Crippen molar-refractivity contribution < 1.29 is 4.79 Å². The topological polar surface area (TPSA) is 67.1 Å². The fourth-order valence-electron chi connectivity index (χ4n) is 2.10. The third kappa shape index (κ3) is 1.78. The van der Waals surface area contributed by atoms with Crippen LogP contribution in [-0.2, 0) is 4.79 Å². The summed E-state index contributed by atoms with van der Waals surface area (Å²) in [6.45, 7) is 0. The zero-order chi connectivity index (χ0) is 12.5. The van der Waals surface area contributed by atoms with Crippen LogP contribution in [0.25, 0.3) is 0 Å². The molecule has 0 saturated heterocycles. The van der Waals surface area contributed by atoms with Crippen molar-refractivity contribution in [3.8, 4) is 0 Å². The molecule has 1 amide bonds. The maximum absolute atomic E-state index is 12.1. The van der Waals surface area contributed by atoms with Gasteiger partial charge in [0.05, 0.1) is 11.4 Å². The Balaban J connectivity index is 1.97. The summed E-state index contributed by atoms with van der Waals surface area (Å²) in [5, 5.41) is 6.09. The molecule has 0 fully saturated rings. The molecule has 4 N–H and O–H groups in total. The number of hydrogen-bond donors (Lipinski definition) is 3. The lowest BCUT2D eigenvalue weighted by Crippen LogP contribution is -2.31. The Morgan fingerprint density at radius 1 is 1.00 bits per heavy atom. The maximum atomic E-state index is 12.1. The normalized spacial score (nSPS) is 17.6. The first kappa shape index (κ1) is 10.7. The van der Waals surface area contributed by atoms with Gasteiger partial charge in [-0.2, -0.15) is 0 Å². The van der Waals surface area contributed by atoms with Crippen LogP contribution in [0.15, 0.2) is 48.5 Å². The summed E-state index contributed by atoms with van der Waals surface area (Å²) in [5.74, 6) is -0.0701. The van der Waals surface area contributed by atoms with E-state index in [1.54, 1.807) is 6.07 Å². The number of carbonyl (C=O) groups is 1. The molecular formula is C14H13N3O. The maximum Gasteiger partial charge on any atom is 0.251 e. The molecule has 0 bridgehead atoms. The van der Waals surface area contributed by atoms with E-state index in [4.69, 9.17) is 5.73 Å². The number of hydrogen-bond acceptors (Lipinski definition) is 3. The quantitative estimate of drug-likeness (QED) is 0.669. The monoisotopic (exact) mass is 239 g/mol. The Bertz CT molecular complexity index is 595. The van der Waals surface area contributed by atoms with Gasteiger partial charge in [0.2, 0.25) is 0 Å². The third-order valence-electron chi connectivity index (χ3n) is 3.00. The molecule has 1 aliphatic heterocycles. The molecule has 2 aromatic carbocycles. The van der Waals surface area contributed by atoms with Gasteiger partial charge >= 0.3 is 0 Å². The molecule has 18 heavy (non-hydrogen) atoms. The van der Waals surface area contributed by atoms with Gasteiger partial charge in [-0.05, 0) is 23.8 Å². The van der Waals surface area contributed by atoms with Gasteiger partial charge in [-0.25, -0.2) is 0 Å². The highest BCUT2D eigenvalue weighted by Crippen LogP contribution is 2.33. The summed E-state index contributed by atoms with van der Waals surface area (Å²) in [5.41, 5.74) is 8.89. The average molecular weight is 239 g/mol. The number of nitrogen functional groups attached to an aromatic ring is 1. The molecular weight excluding hydrogens is 226 g/mol. The summed E-state index contributed by atoms with van der Waals surface area (Å²) in [4.78, 5) is 12.1. The van der Waals surface area contributed by atoms with Crippen LogP contribution in [0.3, 0.4) is 0 Å². The van der Waals surface area contributed by atoms with Crippen LogP contribution >= 0.6 is 0 Å². The number of rotatable bonds is 1. The van der Waals surface area contributed by atoms with Gasteiger partial charge in [0, 0.05) is 5.69 Å². The molecule has 0 spiro atoms. The van der Waals surface area contributed by atoms with Crippen LogP contribution in [0.2, 0.25) is 0 Å². The summed E-state index contributed by atoms with van der Waals surface area (Å²) >= 11 is 0. The zero-order valence-corrected chi connectivity index (χ0v) is 9.68. The largest absolute Gasteiger partial charge is 0.399 e. The van der Waals surface area contributed by atoms with Gasteiger partial charge < -0.3 is 16.4 Å². The molecule has 0 aliphatic carbocycles. The van der Waals surface area contributed by atoms with Crippen LogP contribution in [0, 0.1) is 0 Å². The minimum Gasteiger partial charge on any atom is -0.399 e. The first-order chi connectivity index (χ1) is 8.74. The molecule has 1 heterocycles. The number of benzene rings is 2. The number of fused-ring (bicyclic) bond motifs is 1. The highest BCUT2D eigenvalue weighted by Gasteiger charge is 2.26. The van der Waals surface area contributed by atoms with Crippen molar-refractivity contribution in [3.05, 3.63) is 54.1 Å². The highest BCUT2D eigenvalue weighted by molar-refractivity contribution is 6.03. The predicted molar refractivity (Wildman–Crippen MR) is 72.3 cm³/mol. The van der Waals surface area contributed by atoms with Crippen molar-refractivity contribution in [2.45, 2.75) is 6.04 Å². The van der Waals surface area contributed by atoms with E-state index < -0.39 is 0 Å². The molecule has 4 heteroatoms. The summed E-state index contributed by atoms with van der Waals surface area (Å²) in [7, 11) is 0. The van der Waals surface area contributed by atoms with Crippen LogP contribution in [0.4, 0.5) is 17.1 Å². The summed E-state index contributed by atoms with van der Waals surface area (Å²) in [6, 6.07) is 14.7. The fourth-order valence-corrected chi connectivity index (χ4v) is 2.10. The summed E-state index contributed by atoms with van der Waals surface area (Å²) < 4.78 is 0. The lowest BCUT2D eigenvalue weighted by atomic mass is 10.0. The first-order valence-electron chi connectivity index (χ1n) is 5.76. The molecule has 4 nitrogen and oxygen atoms in total. The average Bonchev–Trinajstić information content (AvgIpc) is 2.39. The number of nitrogens with one attached hydrogen (secondary N) is 2. The van der Waals surface area contributed by atoms with Crippen molar-refractivity contribution >= 4 is 23.0 Å². The standard InChI is InChI=1S/C14H13N3O/c15-10-6-7-11-12(8-10)17-14(18)13(16-11)9-4-2-1-3-5-9/h1-8,13,16H,15H2,(H,17,18). The third-order valence-corrected chi connectivity index (χ3v) is 3.00. The molecule has 1 unspecified atom stereocenters. The highest BCUT2D eigenvalue weighted by atomic mass is 16.2. The van der Waals surface area contributed by atoms with E-state index in [9.17, 15) is 4.79 Å². The first-order valence-corrected chi connectivity index (χ1v) is 5.76. The number of amides is 1. The molecule has 90 valence electrons. The Labute approximate surface area is 105 Å². The van der Waals surface area contributed by atoms with Gasteiger partial charge in [-0.15, -0.1) is 0 Å². The van der Waals surface area contributed by atoms with Crippen molar-refractivity contribution in [3.63, 3.8) is 0 Å². The van der Waals surface area contributed by atoms with Crippen LogP contribution in [0.1, 0.15) is 11.6 Å². The minimum absolute atomic E-state index is 0.0701.